The molecule has 3 aromatic rings. The molecule has 0 unspecified atom stereocenters. The molecule has 10 heteroatoms. The van der Waals surface area contributed by atoms with Gasteiger partial charge in [-0.15, -0.1) is 11.3 Å². The number of nitrogens with one attached hydrogen (secondary N) is 2. The van der Waals surface area contributed by atoms with Crippen molar-refractivity contribution >= 4 is 33.5 Å². The van der Waals surface area contributed by atoms with Crippen molar-refractivity contribution in [1.82, 2.24) is 25.5 Å². The van der Waals surface area contributed by atoms with Gasteiger partial charge in [-0.3, -0.25) is 4.79 Å². The van der Waals surface area contributed by atoms with Gasteiger partial charge in [0.25, 0.3) is 5.91 Å². The molecule has 0 radical (unpaired) electrons. The van der Waals surface area contributed by atoms with E-state index in [1.165, 1.54) is 6.26 Å². The number of aromatic nitrogens is 2. The molecule has 3 heterocycles. The summed E-state index contributed by atoms with van der Waals surface area (Å²) < 4.78 is 12.1. The molecule has 1 aliphatic heterocycles. The van der Waals surface area contributed by atoms with Crippen LogP contribution in [-0.2, 0) is 6.61 Å². The molecule has 4 rings (SSSR count). The fourth-order valence-electron chi connectivity index (χ4n) is 2.86. The summed E-state index contributed by atoms with van der Waals surface area (Å²) in [6.07, 6.45) is 1.30. The van der Waals surface area contributed by atoms with Gasteiger partial charge in [0.2, 0.25) is 5.89 Å². The molecule has 1 fully saturated rings. The van der Waals surface area contributed by atoms with E-state index < -0.39 is 0 Å². The van der Waals surface area contributed by atoms with Gasteiger partial charge in [0.05, 0.1) is 15.2 Å². The van der Waals surface area contributed by atoms with E-state index in [1.807, 2.05) is 25.1 Å². The molecule has 146 valence electrons. The van der Waals surface area contributed by atoms with Crippen molar-refractivity contribution in [3.8, 4) is 5.75 Å². The molecule has 0 aliphatic carbocycles. The van der Waals surface area contributed by atoms with Crippen molar-refractivity contribution in [2.24, 2.45) is 0 Å². The summed E-state index contributed by atoms with van der Waals surface area (Å²) in [6, 6.07) is 5.58. The zero-order chi connectivity index (χ0) is 19.5. The van der Waals surface area contributed by atoms with E-state index in [0.29, 0.717) is 37.8 Å². The standard InChI is InChI=1S/C18H19N5O4S/c1-11-21-13-8-12(2-3-15(13)28-11)26-10-16-22-14(9-27-16)17(24)19-4-6-23-7-5-20-18(23)25/h2-3,8-9H,4-7,10H2,1H3,(H,19,24)(H,20,25). The van der Waals surface area contributed by atoms with Gasteiger partial charge in [-0.25, -0.2) is 14.8 Å². The van der Waals surface area contributed by atoms with Crippen LogP contribution in [0.1, 0.15) is 21.4 Å². The maximum absolute atomic E-state index is 12.1. The second kappa shape index (κ2) is 7.85. The van der Waals surface area contributed by atoms with Crippen LogP contribution in [0.3, 0.4) is 0 Å². The Morgan fingerprint density at radius 2 is 2.32 bits per heavy atom. The van der Waals surface area contributed by atoms with Crippen LogP contribution in [0, 0.1) is 6.92 Å². The monoisotopic (exact) mass is 401 g/mol. The summed E-state index contributed by atoms with van der Waals surface area (Å²) in [5.74, 6) is 0.610. The number of aryl methyl sites for hydroxylation is 1. The van der Waals surface area contributed by atoms with Crippen LogP contribution in [0.25, 0.3) is 10.2 Å². The van der Waals surface area contributed by atoms with Crippen molar-refractivity contribution in [3.63, 3.8) is 0 Å². The molecule has 0 atom stereocenters. The molecule has 1 aliphatic rings. The van der Waals surface area contributed by atoms with Crippen LogP contribution in [-0.4, -0.2) is 53.0 Å². The summed E-state index contributed by atoms with van der Waals surface area (Å²) in [7, 11) is 0. The van der Waals surface area contributed by atoms with Gasteiger partial charge in [-0.2, -0.15) is 0 Å². The van der Waals surface area contributed by atoms with Gasteiger partial charge >= 0.3 is 6.03 Å². The second-order valence-electron chi connectivity index (χ2n) is 6.25. The number of amides is 3. The number of hydrogen-bond acceptors (Lipinski definition) is 7. The van der Waals surface area contributed by atoms with Crippen LogP contribution < -0.4 is 15.4 Å². The van der Waals surface area contributed by atoms with Crippen molar-refractivity contribution in [2.75, 3.05) is 26.2 Å². The van der Waals surface area contributed by atoms with Crippen molar-refractivity contribution in [2.45, 2.75) is 13.5 Å². The molecule has 2 N–H and O–H groups in total. The highest BCUT2D eigenvalue weighted by atomic mass is 32.1. The predicted octanol–water partition coefficient (Wildman–Crippen LogP) is 1.93. The molecule has 2 aromatic heterocycles. The third-order valence-corrected chi connectivity index (χ3v) is 5.18. The Bertz CT molecular complexity index is 1010. The first-order valence-electron chi connectivity index (χ1n) is 8.84. The summed E-state index contributed by atoms with van der Waals surface area (Å²) in [5.41, 5.74) is 1.06. The summed E-state index contributed by atoms with van der Waals surface area (Å²) in [6.45, 7) is 4.14. The molecule has 1 aromatic carbocycles. The lowest BCUT2D eigenvalue weighted by Gasteiger charge is -2.13. The fourth-order valence-corrected chi connectivity index (χ4v) is 3.67. The first kappa shape index (κ1) is 18.2. The van der Waals surface area contributed by atoms with E-state index in [2.05, 4.69) is 20.6 Å². The van der Waals surface area contributed by atoms with E-state index in [1.54, 1.807) is 16.2 Å². The number of ether oxygens (including phenoxy) is 1. The van der Waals surface area contributed by atoms with E-state index >= 15 is 0 Å². The van der Waals surface area contributed by atoms with Crippen LogP contribution in [0.5, 0.6) is 5.75 Å². The number of carbonyl (C=O) groups excluding carboxylic acids is 2. The number of thiazole rings is 1. The highest BCUT2D eigenvalue weighted by Gasteiger charge is 2.19. The average Bonchev–Trinajstić information content (AvgIpc) is 3.39. The average molecular weight is 401 g/mol. The van der Waals surface area contributed by atoms with E-state index in [4.69, 9.17) is 9.15 Å². The number of rotatable bonds is 7. The third-order valence-electron chi connectivity index (χ3n) is 4.23. The zero-order valence-corrected chi connectivity index (χ0v) is 16.0. The van der Waals surface area contributed by atoms with E-state index in [9.17, 15) is 9.59 Å². The molecule has 3 amide bonds. The third kappa shape index (κ3) is 4.06. The van der Waals surface area contributed by atoms with Crippen LogP contribution in [0.2, 0.25) is 0 Å². The Labute approximate surface area is 164 Å². The van der Waals surface area contributed by atoms with Gasteiger partial charge in [0, 0.05) is 32.2 Å². The second-order valence-corrected chi connectivity index (χ2v) is 7.49. The number of oxazole rings is 1. The number of benzene rings is 1. The largest absolute Gasteiger partial charge is 0.484 e. The first-order chi connectivity index (χ1) is 13.6. The van der Waals surface area contributed by atoms with Crippen molar-refractivity contribution < 1.29 is 18.7 Å². The minimum Gasteiger partial charge on any atom is -0.484 e. The Hall–Kier alpha value is -3.14. The highest BCUT2D eigenvalue weighted by Crippen LogP contribution is 2.25. The lowest BCUT2D eigenvalue weighted by Crippen LogP contribution is -2.36. The van der Waals surface area contributed by atoms with Gasteiger partial charge < -0.3 is 24.7 Å². The maximum atomic E-state index is 12.1. The topological polar surface area (TPSA) is 110 Å². The molecular weight excluding hydrogens is 382 g/mol. The Kier molecular flexibility index (Phi) is 5.11. The quantitative estimate of drug-likeness (QED) is 0.626. The molecule has 0 spiro atoms. The molecule has 0 saturated carbocycles. The molecule has 1 saturated heterocycles. The molecule has 0 bridgehead atoms. The van der Waals surface area contributed by atoms with Crippen LogP contribution >= 0.6 is 11.3 Å². The number of fused-ring (bicyclic) bond motifs is 1. The minimum absolute atomic E-state index is 0.107. The number of hydrogen-bond donors (Lipinski definition) is 2. The molecular formula is C18H19N5O4S. The summed E-state index contributed by atoms with van der Waals surface area (Å²) in [5, 5.41) is 6.44. The maximum Gasteiger partial charge on any atom is 0.317 e. The summed E-state index contributed by atoms with van der Waals surface area (Å²) in [4.78, 5) is 33.8. The Morgan fingerprint density at radius 3 is 3.14 bits per heavy atom. The lowest BCUT2D eigenvalue weighted by atomic mass is 10.3. The normalized spacial score (nSPS) is 13.8. The smallest absolute Gasteiger partial charge is 0.317 e. The Morgan fingerprint density at radius 1 is 1.43 bits per heavy atom. The molecule has 28 heavy (non-hydrogen) atoms. The summed E-state index contributed by atoms with van der Waals surface area (Å²) >= 11 is 1.63. The van der Waals surface area contributed by atoms with Crippen molar-refractivity contribution in [1.29, 1.82) is 0 Å². The SMILES string of the molecule is Cc1nc2cc(OCc3nc(C(=O)NCCN4CCNC4=O)co3)ccc2s1. The Balaban J connectivity index is 1.28. The highest BCUT2D eigenvalue weighted by molar-refractivity contribution is 7.18. The van der Waals surface area contributed by atoms with Crippen molar-refractivity contribution in [3.05, 3.63) is 41.1 Å². The van der Waals surface area contributed by atoms with Crippen LogP contribution in [0.15, 0.2) is 28.9 Å². The van der Waals surface area contributed by atoms with E-state index in [-0.39, 0.29) is 24.2 Å². The van der Waals surface area contributed by atoms with Gasteiger partial charge in [-0.05, 0) is 19.1 Å². The zero-order valence-electron chi connectivity index (χ0n) is 15.2. The lowest BCUT2D eigenvalue weighted by molar-refractivity contribution is 0.0945. The van der Waals surface area contributed by atoms with Crippen LogP contribution in [0.4, 0.5) is 4.79 Å². The number of urea groups is 1. The van der Waals surface area contributed by atoms with Gasteiger partial charge in [-0.1, -0.05) is 0 Å². The first-order valence-corrected chi connectivity index (χ1v) is 9.65. The molecule has 9 nitrogen and oxygen atoms in total. The van der Waals surface area contributed by atoms with Gasteiger partial charge in [0.1, 0.15) is 12.0 Å². The fraction of sp³-hybridized carbons (Fsp3) is 0.333. The van der Waals surface area contributed by atoms with E-state index in [0.717, 1.165) is 15.2 Å². The predicted molar refractivity (Wildman–Crippen MR) is 102 cm³/mol. The van der Waals surface area contributed by atoms with Gasteiger partial charge in [0.15, 0.2) is 12.3 Å². The minimum atomic E-state index is -0.353. The number of nitrogens with zero attached hydrogens (tertiary/aromatic N) is 3. The number of carbonyl (C=O) groups is 2.